The van der Waals surface area contributed by atoms with Crippen molar-refractivity contribution in [2.24, 2.45) is 10.7 Å². The summed E-state index contributed by atoms with van der Waals surface area (Å²) in [5.74, 6) is 1.78. The van der Waals surface area contributed by atoms with Crippen LogP contribution in [0.15, 0.2) is 34.2 Å². The number of rotatable bonds is 0. The molecule has 0 saturated carbocycles. The van der Waals surface area contributed by atoms with Gasteiger partial charge in [-0.3, -0.25) is 0 Å². The average molecular weight is 178 g/mol. The Bertz CT molecular complexity index is 320. The van der Waals surface area contributed by atoms with E-state index in [0.29, 0.717) is 0 Å². The van der Waals surface area contributed by atoms with Crippen LogP contribution in [0.3, 0.4) is 0 Å². The molecule has 1 heterocycles. The van der Waals surface area contributed by atoms with Crippen LogP contribution in [0.2, 0.25) is 0 Å². The third-order valence-electron chi connectivity index (χ3n) is 1.75. The highest BCUT2D eigenvalue weighted by Gasteiger charge is 2.06. The minimum Gasteiger partial charge on any atom is -0.387 e. The first-order valence-electron chi connectivity index (χ1n) is 3.91. The zero-order valence-corrected chi connectivity index (χ0v) is 7.47. The molecule has 2 rings (SSSR count). The number of thioether (sulfide) groups is 1. The highest BCUT2D eigenvalue weighted by atomic mass is 32.2. The van der Waals surface area contributed by atoms with E-state index in [2.05, 4.69) is 11.1 Å². The van der Waals surface area contributed by atoms with Crippen molar-refractivity contribution in [1.29, 1.82) is 0 Å². The molecule has 0 fully saturated rings. The molecule has 0 saturated heterocycles. The number of fused-ring (bicyclic) bond motifs is 1. The molecule has 0 aromatic heterocycles. The Morgan fingerprint density at radius 2 is 2.17 bits per heavy atom. The molecule has 0 atom stereocenters. The van der Waals surface area contributed by atoms with Gasteiger partial charge < -0.3 is 5.73 Å². The fourth-order valence-electron chi connectivity index (χ4n) is 1.15. The SMILES string of the molecule is NC1=Nc2ccccc2SCC1. The van der Waals surface area contributed by atoms with E-state index in [0.717, 1.165) is 23.7 Å². The number of hydrogen-bond acceptors (Lipinski definition) is 3. The maximum Gasteiger partial charge on any atom is 0.100 e. The van der Waals surface area contributed by atoms with Gasteiger partial charge in [0.1, 0.15) is 5.84 Å². The van der Waals surface area contributed by atoms with Crippen LogP contribution in [-0.4, -0.2) is 11.6 Å². The lowest BCUT2D eigenvalue weighted by Crippen LogP contribution is -2.10. The average Bonchev–Trinajstić information content (AvgIpc) is 2.25. The second-order valence-electron chi connectivity index (χ2n) is 2.67. The lowest BCUT2D eigenvalue weighted by molar-refractivity contribution is 1.26. The summed E-state index contributed by atoms with van der Waals surface area (Å²) in [6.45, 7) is 0. The Morgan fingerprint density at radius 1 is 1.33 bits per heavy atom. The second-order valence-corrected chi connectivity index (χ2v) is 3.81. The van der Waals surface area contributed by atoms with Crippen LogP contribution in [0.25, 0.3) is 0 Å². The number of aliphatic imine (C=N–C) groups is 1. The Kier molecular flexibility index (Phi) is 2.04. The van der Waals surface area contributed by atoms with Gasteiger partial charge >= 0.3 is 0 Å². The molecule has 0 unspecified atom stereocenters. The zero-order chi connectivity index (χ0) is 8.39. The normalized spacial score (nSPS) is 16.2. The van der Waals surface area contributed by atoms with E-state index in [-0.39, 0.29) is 0 Å². The summed E-state index contributed by atoms with van der Waals surface area (Å²) >= 11 is 1.82. The van der Waals surface area contributed by atoms with Gasteiger partial charge in [-0.05, 0) is 12.1 Å². The van der Waals surface area contributed by atoms with Crippen LogP contribution in [0.4, 0.5) is 5.69 Å². The van der Waals surface area contributed by atoms with Gasteiger partial charge in [0.05, 0.1) is 5.69 Å². The number of hydrogen-bond donors (Lipinski definition) is 1. The molecule has 12 heavy (non-hydrogen) atoms. The fraction of sp³-hybridized carbons (Fsp3) is 0.222. The van der Waals surface area contributed by atoms with Gasteiger partial charge in [0.25, 0.3) is 0 Å². The van der Waals surface area contributed by atoms with Crippen LogP contribution in [0.1, 0.15) is 6.42 Å². The van der Waals surface area contributed by atoms with Gasteiger partial charge in [0.2, 0.25) is 0 Å². The topological polar surface area (TPSA) is 38.4 Å². The van der Waals surface area contributed by atoms with Crippen molar-refractivity contribution in [3.8, 4) is 0 Å². The summed E-state index contributed by atoms with van der Waals surface area (Å²) < 4.78 is 0. The number of nitrogens with two attached hydrogens (primary N) is 1. The molecule has 0 amide bonds. The fourth-order valence-corrected chi connectivity index (χ4v) is 2.12. The highest BCUT2D eigenvalue weighted by molar-refractivity contribution is 7.99. The predicted molar refractivity (Wildman–Crippen MR) is 53.1 cm³/mol. The number of nitrogens with zero attached hydrogens (tertiary/aromatic N) is 1. The van der Waals surface area contributed by atoms with E-state index in [1.54, 1.807) is 0 Å². The Hall–Kier alpha value is -0.960. The van der Waals surface area contributed by atoms with Crippen LogP contribution >= 0.6 is 11.8 Å². The summed E-state index contributed by atoms with van der Waals surface area (Å²) in [6, 6.07) is 8.10. The van der Waals surface area contributed by atoms with Crippen LogP contribution in [0, 0.1) is 0 Å². The number of benzene rings is 1. The van der Waals surface area contributed by atoms with Gasteiger partial charge in [0, 0.05) is 17.1 Å². The zero-order valence-electron chi connectivity index (χ0n) is 6.66. The predicted octanol–water partition coefficient (Wildman–Crippen LogP) is 2.17. The maximum absolute atomic E-state index is 5.69. The molecule has 0 spiro atoms. The first kappa shape index (κ1) is 7.68. The molecule has 2 N–H and O–H groups in total. The summed E-state index contributed by atoms with van der Waals surface area (Å²) in [5, 5.41) is 0. The van der Waals surface area contributed by atoms with Crippen LogP contribution < -0.4 is 5.73 Å². The van der Waals surface area contributed by atoms with Crippen LogP contribution in [-0.2, 0) is 0 Å². The molecule has 62 valence electrons. The lowest BCUT2D eigenvalue weighted by atomic mass is 10.3. The van der Waals surface area contributed by atoms with Gasteiger partial charge in [-0.25, -0.2) is 4.99 Å². The minimum atomic E-state index is 0.743. The minimum absolute atomic E-state index is 0.743. The van der Waals surface area contributed by atoms with Crippen molar-refractivity contribution in [1.82, 2.24) is 0 Å². The molecule has 1 aliphatic rings. The van der Waals surface area contributed by atoms with Crippen LogP contribution in [0.5, 0.6) is 0 Å². The van der Waals surface area contributed by atoms with E-state index in [9.17, 15) is 0 Å². The molecular formula is C9H10N2S. The summed E-state index contributed by atoms with van der Waals surface area (Å²) in [7, 11) is 0. The Morgan fingerprint density at radius 3 is 3.08 bits per heavy atom. The quantitative estimate of drug-likeness (QED) is 0.661. The molecule has 1 aliphatic heterocycles. The molecule has 2 nitrogen and oxygen atoms in total. The summed E-state index contributed by atoms with van der Waals surface area (Å²) in [6.07, 6.45) is 0.888. The van der Waals surface area contributed by atoms with Gasteiger partial charge in [0.15, 0.2) is 0 Å². The monoisotopic (exact) mass is 178 g/mol. The molecule has 0 aliphatic carbocycles. The first-order chi connectivity index (χ1) is 5.86. The van der Waals surface area contributed by atoms with Crippen molar-refractivity contribution >= 4 is 23.3 Å². The number of para-hydroxylation sites is 1. The first-order valence-corrected chi connectivity index (χ1v) is 4.90. The van der Waals surface area contributed by atoms with Crippen molar-refractivity contribution in [3.05, 3.63) is 24.3 Å². The highest BCUT2D eigenvalue weighted by Crippen LogP contribution is 2.31. The molecule has 1 aromatic rings. The van der Waals surface area contributed by atoms with E-state index in [1.165, 1.54) is 4.90 Å². The largest absolute Gasteiger partial charge is 0.387 e. The van der Waals surface area contributed by atoms with Crippen molar-refractivity contribution in [2.75, 3.05) is 5.75 Å². The van der Waals surface area contributed by atoms with Gasteiger partial charge in [-0.15, -0.1) is 11.8 Å². The smallest absolute Gasteiger partial charge is 0.100 e. The van der Waals surface area contributed by atoms with E-state index in [4.69, 9.17) is 5.73 Å². The standard InChI is InChI=1S/C9H10N2S/c10-9-5-6-12-8-4-2-1-3-7(8)11-9/h1-4H,5-6H2,(H2,10,11). The maximum atomic E-state index is 5.69. The molecule has 1 aromatic carbocycles. The third-order valence-corrected chi connectivity index (χ3v) is 2.81. The lowest BCUT2D eigenvalue weighted by Gasteiger charge is -1.98. The molecule has 3 heteroatoms. The molecule has 0 radical (unpaired) electrons. The summed E-state index contributed by atoms with van der Waals surface area (Å²) in [5.41, 5.74) is 6.70. The number of amidine groups is 1. The van der Waals surface area contributed by atoms with E-state index < -0.39 is 0 Å². The molecular weight excluding hydrogens is 168 g/mol. The molecule has 0 bridgehead atoms. The van der Waals surface area contributed by atoms with E-state index >= 15 is 0 Å². The van der Waals surface area contributed by atoms with Gasteiger partial charge in [-0.2, -0.15) is 0 Å². The Labute approximate surface area is 75.9 Å². The van der Waals surface area contributed by atoms with Crippen molar-refractivity contribution < 1.29 is 0 Å². The Balaban J connectivity index is 2.47. The van der Waals surface area contributed by atoms with Crippen molar-refractivity contribution in [2.45, 2.75) is 11.3 Å². The van der Waals surface area contributed by atoms with Crippen molar-refractivity contribution in [3.63, 3.8) is 0 Å². The second kappa shape index (κ2) is 3.19. The summed E-state index contributed by atoms with van der Waals surface area (Å²) in [4.78, 5) is 5.55. The van der Waals surface area contributed by atoms with Gasteiger partial charge in [-0.1, -0.05) is 12.1 Å². The van der Waals surface area contributed by atoms with E-state index in [1.807, 2.05) is 30.0 Å². The third kappa shape index (κ3) is 1.46.